The van der Waals surface area contributed by atoms with Crippen LogP contribution >= 0.6 is 0 Å². The topological polar surface area (TPSA) is 99.4 Å². The largest absolute Gasteiger partial charge is 0.870 e. The number of nitrogens with one attached hydrogen (secondary N) is 1. The van der Waals surface area contributed by atoms with E-state index in [1.54, 1.807) is 12.5 Å². The highest BCUT2D eigenvalue weighted by atomic mass is 16.3. The molecule has 23 heavy (non-hydrogen) atoms. The first-order valence-corrected chi connectivity index (χ1v) is 7.53. The summed E-state index contributed by atoms with van der Waals surface area (Å²) >= 11 is 0. The Morgan fingerprint density at radius 2 is 1.96 bits per heavy atom. The van der Waals surface area contributed by atoms with E-state index in [0.717, 1.165) is 31.5 Å². The molecule has 2 heterocycles. The molecule has 1 unspecified atom stereocenters. The van der Waals surface area contributed by atoms with Crippen LogP contribution in [0.25, 0.3) is 0 Å². The SMILES string of the molecule is O=Nc1c[n+](C(CC(=O)N2CCCC2)c2ccccc2)c[nH]1.[OH-]. The van der Waals surface area contributed by atoms with E-state index < -0.39 is 0 Å². The summed E-state index contributed by atoms with van der Waals surface area (Å²) in [7, 11) is 0. The van der Waals surface area contributed by atoms with Crippen molar-refractivity contribution in [2.24, 2.45) is 5.18 Å². The Morgan fingerprint density at radius 3 is 2.57 bits per heavy atom. The van der Waals surface area contributed by atoms with Crippen LogP contribution in [0.5, 0.6) is 0 Å². The zero-order chi connectivity index (χ0) is 15.4. The molecular weight excluding hydrogens is 296 g/mol. The van der Waals surface area contributed by atoms with Crippen LogP contribution in [0.2, 0.25) is 0 Å². The first-order valence-electron chi connectivity index (χ1n) is 7.53. The van der Waals surface area contributed by atoms with Crippen LogP contribution in [0, 0.1) is 4.91 Å². The van der Waals surface area contributed by atoms with Gasteiger partial charge in [0.05, 0.1) is 6.42 Å². The molecule has 0 aliphatic carbocycles. The number of amides is 1. The summed E-state index contributed by atoms with van der Waals surface area (Å²) in [5.74, 6) is 0.412. The molecule has 2 N–H and O–H groups in total. The second kappa shape index (κ2) is 7.64. The maximum absolute atomic E-state index is 12.5. The van der Waals surface area contributed by atoms with Crippen LogP contribution in [-0.2, 0) is 4.79 Å². The van der Waals surface area contributed by atoms with Gasteiger partial charge in [0, 0.05) is 18.3 Å². The molecule has 7 heteroatoms. The van der Waals surface area contributed by atoms with E-state index in [1.807, 2.05) is 39.8 Å². The number of aromatic amines is 1. The highest BCUT2D eigenvalue weighted by Crippen LogP contribution is 2.20. The summed E-state index contributed by atoms with van der Waals surface area (Å²) in [6.07, 6.45) is 5.87. The molecule has 122 valence electrons. The molecule has 1 aromatic carbocycles. The first kappa shape index (κ1) is 16.8. The number of carbonyl (C=O) groups excluding carboxylic acids is 1. The van der Waals surface area contributed by atoms with Crippen molar-refractivity contribution in [2.45, 2.75) is 25.3 Å². The van der Waals surface area contributed by atoms with Crippen molar-refractivity contribution in [1.29, 1.82) is 0 Å². The average molecular weight is 316 g/mol. The van der Waals surface area contributed by atoms with Crippen molar-refractivity contribution in [2.75, 3.05) is 13.1 Å². The maximum atomic E-state index is 12.5. The Balaban J connectivity index is 0.00000192. The van der Waals surface area contributed by atoms with E-state index in [1.165, 1.54) is 0 Å². The minimum Gasteiger partial charge on any atom is -0.870 e. The second-order valence-corrected chi connectivity index (χ2v) is 5.54. The zero-order valence-corrected chi connectivity index (χ0v) is 12.8. The molecule has 7 nitrogen and oxygen atoms in total. The monoisotopic (exact) mass is 316 g/mol. The lowest BCUT2D eigenvalue weighted by molar-refractivity contribution is -0.711. The Kier molecular flexibility index (Phi) is 5.59. The van der Waals surface area contributed by atoms with Crippen LogP contribution in [0.1, 0.15) is 30.9 Å². The van der Waals surface area contributed by atoms with Gasteiger partial charge in [-0.25, -0.2) is 9.55 Å². The molecule has 1 amide bonds. The van der Waals surface area contributed by atoms with Gasteiger partial charge in [-0.05, 0) is 18.4 Å². The van der Waals surface area contributed by atoms with Gasteiger partial charge in [0.2, 0.25) is 12.2 Å². The molecule has 1 fully saturated rings. The first-order chi connectivity index (χ1) is 10.8. The van der Waals surface area contributed by atoms with Crippen LogP contribution in [0.3, 0.4) is 0 Å². The number of hydrogen-bond acceptors (Lipinski definition) is 4. The van der Waals surface area contributed by atoms with Gasteiger partial charge in [0.15, 0.2) is 6.20 Å². The normalized spacial score (nSPS) is 15.0. The summed E-state index contributed by atoms with van der Waals surface area (Å²) in [5, 5.41) is 2.90. The van der Waals surface area contributed by atoms with Gasteiger partial charge in [0.1, 0.15) is 6.04 Å². The predicted octanol–water partition coefficient (Wildman–Crippen LogP) is 2.13. The number of rotatable bonds is 5. The molecule has 1 aliphatic heterocycles. The molecule has 3 rings (SSSR count). The molecule has 0 spiro atoms. The zero-order valence-electron chi connectivity index (χ0n) is 12.8. The quantitative estimate of drug-likeness (QED) is 0.675. The molecule has 0 radical (unpaired) electrons. The molecule has 1 atom stereocenters. The number of H-pyrrole nitrogens is 1. The number of likely N-dealkylation sites (tertiary alicyclic amines) is 1. The number of carbonyl (C=O) groups is 1. The Bertz CT molecular complexity index is 650. The van der Waals surface area contributed by atoms with Gasteiger partial charge in [-0.1, -0.05) is 30.3 Å². The maximum Gasteiger partial charge on any atom is 0.298 e. The van der Waals surface area contributed by atoms with Crippen LogP contribution in [-0.4, -0.2) is 34.4 Å². The molecule has 1 saturated heterocycles. The third-order valence-electron chi connectivity index (χ3n) is 4.10. The van der Waals surface area contributed by atoms with Crippen molar-refractivity contribution in [3.63, 3.8) is 0 Å². The molecule has 0 bridgehead atoms. The van der Waals surface area contributed by atoms with Gasteiger partial charge in [0.25, 0.3) is 5.82 Å². The van der Waals surface area contributed by atoms with Crippen LogP contribution in [0.4, 0.5) is 5.82 Å². The fourth-order valence-electron chi connectivity index (χ4n) is 2.92. The molecule has 0 saturated carbocycles. The molecule has 1 aromatic heterocycles. The summed E-state index contributed by atoms with van der Waals surface area (Å²) in [6, 6.07) is 9.71. The number of hydrogen-bond donors (Lipinski definition) is 1. The number of imidazole rings is 1. The standard InChI is InChI=1S/C16H18N4O2.H2O/c21-16(19-8-4-5-9-19)10-14(13-6-2-1-3-7-13)20-11-15(18-22)17-12-20;/h1-3,6-7,11-12,14H,4-5,8-10H2;1H2. The average Bonchev–Trinajstić information content (AvgIpc) is 3.24. The van der Waals surface area contributed by atoms with Crippen molar-refractivity contribution in [3.05, 3.63) is 53.3 Å². The third-order valence-corrected chi connectivity index (χ3v) is 4.10. The second-order valence-electron chi connectivity index (χ2n) is 5.54. The van der Waals surface area contributed by atoms with E-state index in [4.69, 9.17) is 0 Å². The van der Waals surface area contributed by atoms with Gasteiger partial charge < -0.3 is 10.4 Å². The minimum absolute atomic E-state index is 0. The number of benzene rings is 1. The lowest BCUT2D eigenvalue weighted by Gasteiger charge is -2.19. The Labute approximate surface area is 134 Å². The van der Waals surface area contributed by atoms with E-state index in [0.29, 0.717) is 6.42 Å². The molecule has 2 aromatic rings. The Hall–Kier alpha value is -2.54. The molecular formula is C16H20N4O3. The highest BCUT2D eigenvalue weighted by Gasteiger charge is 2.27. The summed E-state index contributed by atoms with van der Waals surface area (Å²) in [4.78, 5) is 27.9. The number of nitrogens with zero attached hydrogens (tertiary/aromatic N) is 3. The van der Waals surface area contributed by atoms with E-state index >= 15 is 0 Å². The van der Waals surface area contributed by atoms with Crippen molar-refractivity contribution < 1.29 is 14.8 Å². The summed E-state index contributed by atoms with van der Waals surface area (Å²) in [5.41, 5.74) is 1.04. The fourth-order valence-corrected chi connectivity index (χ4v) is 2.92. The fraction of sp³-hybridized carbons (Fsp3) is 0.375. The third kappa shape index (κ3) is 3.81. The van der Waals surface area contributed by atoms with E-state index in [9.17, 15) is 9.70 Å². The van der Waals surface area contributed by atoms with Crippen LogP contribution in [0.15, 0.2) is 48.0 Å². The van der Waals surface area contributed by atoms with Gasteiger partial charge in [-0.15, -0.1) is 4.91 Å². The number of aromatic nitrogens is 2. The lowest BCUT2D eigenvalue weighted by Crippen LogP contribution is -2.41. The van der Waals surface area contributed by atoms with Crippen LogP contribution < -0.4 is 4.57 Å². The minimum atomic E-state index is -0.138. The molecule has 1 aliphatic rings. The number of nitroso groups, excluding NO2 is 1. The van der Waals surface area contributed by atoms with Gasteiger partial charge in [-0.2, -0.15) is 0 Å². The van der Waals surface area contributed by atoms with Gasteiger partial charge in [-0.3, -0.25) is 4.79 Å². The highest BCUT2D eigenvalue weighted by molar-refractivity contribution is 5.77. The lowest BCUT2D eigenvalue weighted by atomic mass is 10.0. The van der Waals surface area contributed by atoms with E-state index in [2.05, 4.69) is 10.2 Å². The smallest absolute Gasteiger partial charge is 0.298 e. The van der Waals surface area contributed by atoms with Crippen molar-refractivity contribution in [1.82, 2.24) is 9.88 Å². The van der Waals surface area contributed by atoms with Gasteiger partial charge >= 0.3 is 0 Å². The van der Waals surface area contributed by atoms with Crippen molar-refractivity contribution >= 4 is 11.7 Å². The summed E-state index contributed by atoms with van der Waals surface area (Å²) < 4.78 is 1.85. The van der Waals surface area contributed by atoms with Crippen molar-refractivity contribution in [3.8, 4) is 0 Å². The Morgan fingerprint density at radius 1 is 1.26 bits per heavy atom. The summed E-state index contributed by atoms with van der Waals surface area (Å²) in [6.45, 7) is 1.69. The predicted molar refractivity (Wildman–Crippen MR) is 83.4 cm³/mol. The van der Waals surface area contributed by atoms with E-state index in [-0.39, 0.29) is 23.2 Å².